The Balaban J connectivity index is 1.54. The molecule has 0 saturated carbocycles. The van der Waals surface area contributed by atoms with Crippen molar-refractivity contribution in [3.63, 3.8) is 0 Å². The lowest BCUT2D eigenvalue weighted by Crippen LogP contribution is -2.32. The molecule has 1 atom stereocenters. The molecule has 1 saturated heterocycles. The molecular formula is C24H21N5O3. The number of aromatic nitrogens is 4. The zero-order valence-electron chi connectivity index (χ0n) is 17.5. The molecule has 3 aromatic heterocycles. The molecule has 8 nitrogen and oxygen atoms in total. The lowest BCUT2D eigenvalue weighted by Gasteiger charge is -2.25. The Morgan fingerprint density at radius 1 is 1.12 bits per heavy atom. The van der Waals surface area contributed by atoms with Gasteiger partial charge in [-0.15, -0.1) is 0 Å². The number of pyridine rings is 2. The van der Waals surface area contributed by atoms with Crippen LogP contribution in [-0.4, -0.2) is 44.4 Å². The maximum atomic E-state index is 13.5. The molecule has 1 aliphatic rings. The van der Waals surface area contributed by atoms with Crippen molar-refractivity contribution < 1.29 is 9.53 Å². The third-order valence-corrected chi connectivity index (χ3v) is 5.71. The summed E-state index contributed by atoms with van der Waals surface area (Å²) in [7, 11) is 1.52. The van der Waals surface area contributed by atoms with Crippen LogP contribution in [-0.2, 0) is 0 Å². The number of hydrogen-bond acceptors (Lipinski definition) is 6. The fraction of sp³-hybridized carbons (Fsp3) is 0.208. The van der Waals surface area contributed by atoms with E-state index in [1.165, 1.54) is 13.2 Å². The Labute approximate surface area is 183 Å². The summed E-state index contributed by atoms with van der Waals surface area (Å²) in [4.78, 5) is 43.9. The van der Waals surface area contributed by atoms with Crippen LogP contribution >= 0.6 is 0 Å². The molecule has 1 fully saturated rings. The highest BCUT2D eigenvalue weighted by Gasteiger charge is 2.33. The van der Waals surface area contributed by atoms with Crippen LogP contribution in [0.1, 0.15) is 35.1 Å². The van der Waals surface area contributed by atoms with Gasteiger partial charge in [-0.2, -0.15) is 0 Å². The molecule has 1 amide bonds. The predicted octanol–water partition coefficient (Wildman–Crippen LogP) is 3.37. The maximum absolute atomic E-state index is 13.5. The average molecular weight is 427 g/mol. The van der Waals surface area contributed by atoms with E-state index in [9.17, 15) is 9.59 Å². The van der Waals surface area contributed by atoms with E-state index in [1.54, 1.807) is 29.4 Å². The third kappa shape index (κ3) is 3.49. The van der Waals surface area contributed by atoms with Crippen molar-refractivity contribution in [3.8, 4) is 17.1 Å². The SMILES string of the molecule is COc1ncccc1-c1cc(=O)[nH]c([C@H]2CCCN2C(=O)c2cccc3ncccc23)n1. The number of aromatic amines is 1. The van der Waals surface area contributed by atoms with E-state index in [-0.39, 0.29) is 17.5 Å². The second-order valence-electron chi connectivity index (χ2n) is 7.61. The van der Waals surface area contributed by atoms with Gasteiger partial charge in [0.1, 0.15) is 5.82 Å². The number of nitrogens with zero attached hydrogens (tertiary/aromatic N) is 4. The molecule has 0 radical (unpaired) electrons. The van der Waals surface area contributed by atoms with Gasteiger partial charge in [-0.05, 0) is 43.2 Å². The van der Waals surface area contributed by atoms with Crippen LogP contribution in [0.25, 0.3) is 22.2 Å². The minimum atomic E-state index is -0.329. The monoisotopic (exact) mass is 427 g/mol. The molecule has 8 heteroatoms. The van der Waals surface area contributed by atoms with Gasteiger partial charge in [0.15, 0.2) is 0 Å². The Hall–Kier alpha value is -4.07. The molecule has 0 aliphatic carbocycles. The van der Waals surface area contributed by atoms with Crippen LogP contribution in [0, 0.1) is 0 Å². The second-order valence-corrected chi connectivity index (χ2v) is 7.61. The molecule has 4 heterocycles. The number of fused-ring (bicyclic) bond motifs is 1. The lowest BCUT2D eigenvalue weighted by atomic mass is 10.1. The topological polar surface area (TPSA) is 101 Å². The molecule has 0 bridgehead atoms. The van der Waals surface area contributed by atoms with Crippen molar-refractivity contribution in [2.24, 2.45) is 0 Å². The summed E-state index contributed by atoms with van der Waals surface area (Å²) in [6.45, 7) is 0.588. The van der Waals surface area contributed by atoms with Crippen LogP contribution in [0.4, 0.5) is 0 Å². The number of likely N-dealkylation sites (tertiary alicyclic amines) is 1. The molecular weight excluding hydrogens is 406 g/mol. The highest BCUT2D eigenvalue weighted by Crippen LogP contribution is 2.33. The van der Waals surface area contributed by atoms with Crippen LogP contribution < -0.4 is 10.3 Å². The van der Waals surface area contributed by atoms with Gasteiger partial charge in [0.25, 0.3) is 11.5 Å². The number of rotatable bonds is 4. The van der Waals surface area contributed by atoms with Crippen molar-refractivity contribution in [1.82, 2.24) is 24.8 Å². The minimum absolute atomic E-state index is 0.0990. The molecule has 0 unspecified atom stereocenters. The fourth-order valence-corrected chi connectivity index (χ4v) is 4.26. The first-order chi connectivity index (χ1) is 15.7. The first-order valence-electron chi connectivity index (χ1n) is 10.4. The number of nitrogens with one attached hydrogen (secondary N) is 1. The number of H-pyrrole nitrogens is 1. The fourth-order valence-electron chi connectivity index (χ4n) is 4.26. The highest BCUT2D eigenvalue weighted by atomic mass is 16.5. The maximum Gasteiger partial charge on any atom is 0.255 e. The van der Waals surface area contributed by atoms with Gasteiger partial charge in [0, 0.05) is 36.0 Å². The molecule has 4 aromatic rings. The molecule has 1 N–H and O–H groups in total. The number of carbonyl (C=O) groups is 1. The van der Waals surface area contributed by atoms with Crippen molar-refractivity contribution in [2.75, 3.05) is 13.7 Å². The summed E-state index contributed by atoms with van der Waals surface area (Å²) >= 11 is 0. The van der Waals surface area contributed by atoms with Crippen LogP contribution in [0.15, 0.2) is 65.7 Å². The number of benzene rings is 1. The van der Waals surface area contributed by atoms with E-state index < -0.39 is 0 Å². The number of ether oxygens (including phenoxy) is 1. The summed E-state index contributed by atoms with van der Waals surface area (Å²) < 4.78 is 5.33. The molecule has 0 spiro atoms. The summed E-state index contributed by atoms with van der Waals surface area (Å²) in [5, 5.41) is 0.806. The minimum Gasteiger partial charge on any atom is -0.481 e. The highest BCUT2D eigenvalue weighted by molar-refractivity contribution is 6.06. The van der Waals surface area contributed by atoms with Crippen LogP contribution in [0.5, 0.6) is 5.88 Å². The van der Waals surface area contributed by atoms with Gasteiger partial charge in [-0.3, -0.25) is 14.6 Å². The van der Waals surface area contributed by atoms with E-state index in [1.807, 2.05) is 30.3 Å². The Bertz CT molecular complexity index is 1360. The summed E-state index contributed by atoms with van der Waals surface area (Å²) in [6.07, 6.45) is 4.86. The number of methoxy groups -OCH3 is 1. The molecule has 5 rings (SSSR count). The van der Waals surface area contributed by atoms with Gasteiger partial charge in [-0.1, -0.05) is 12.1 Å². The first kappa shape index (κ1) is 19.9. The number of amides is 1. The molecule has 32 heavy (non-hydrogen) atoms. The summed E-state index contributed by atoms with van der Waals surface area (Å²) in [5.41, 5.74) is 2.16. The van der Waals surface area contributed by atoms with Crippen molar-refractivity contribution >= 4 is 16.8 Å². The molecule has 1 aliphatic heterocycles. The van der Waals surface area contributed by atoms with Gasteiger partial charge in [-0.25, -0.2) is 9.97 Å². The van der Waals surface area contributed by atoms with Crippen molar-refractivity contribution in [1.29, 1.82) is 0 Å². The van der Waals surface area contributed by atoms with Gasteiger partial charge < -0.3 is 14.6 Å². The Morgan fingerprint density at radius 2 is 1.97 bits per heavy atom. The van der Waals surface area contributed by atoms with E-state index in [0.717, 1.165) is 17.3 Å². The Kier molecular flexibility index (Phi) is 5.10. The standard InChI is InChI=1S/C24H21N5O3/c1-32-23-17(8-4-12-26-23)19-14-21(30)28-22(27-19)20-10-5-13-29(20)24(31)16-6-2-9-18-15(16)7-3-11-25-18/h2-4,6-9,11-12,14,20H,5,10,13H2,1H3,(H,27,28,30)/t20-/m1/s1. The van der Waals surface area contributed by atoms with Crippen LogP contribution in [0.3, 0.4) is 0 Å². The smallest absolute Gasteiger partial charge is 0.255 e. The first-order valence-corrected chi connectivity index (χ1v) is 10.4. The van der Waals surface area contributed by atoms with Gasteiger partial charge in [0.05, 0.1) is 29.9 Å². The quantitative estimate of drug-likeness (QED) is 0.536. The summed E-state index contributed by atoms with van der Waals surface area (Å²) in [6, 6.07) is 13.9. The third-order valence-electron chi connectivity index (χ3n) is 5.71. The van der Waals surface area contributed by atoms with E-state index in [2.05, 4.69) is 15.0 Å². The van der Waals surface area contributed by atoms with E-state index >= 15 is 0 Å². The van der Waals surface area contributed by atoms with Gasteiger partial charge >= 0.3 is 0 Å². The lowest BCUT2D eigenvalue weighted by molar-refractivity contribution is 0.0731. The van der Waals surface area contributed by atoms with Crippen molar-refractivity contribution in [3.05, 3.63) is 82.7 Å². The zero-order chi connectivity index (χ0) is 22.1. The second kappa shape index (κ2) is 8.22. The largest absolute Gasteiger partial charge is 0.481 e. The normalized spacial score (nSPS) is 15.8. The molecule has 1 aromatic carbocycles. The molecule has 160 valence electrons. The van der Waals surface area contributed by atoms with E-state index in [0.29, 0.717) is 41.5 Å². The van der Waals surface area contributed by atoms with Crippen molar-refractivity contribution in [2.45, 2.75) is 18.9 Å². The Morgan fingerprint density at radius 3 is 2.84 bits per heavy atom. The predicted molar refractivity (Wildman–Crippen MR) is 119 cm³/mol. The van der Waals surface area contributed by atoms with Crippen LogP contribution in [0.2, 0.25) is 0 Å². The average Bonchev–Trinajstić information content (AvgIpc) is 3.33. The number of carbonyl (C=O) groups excluding carboxylic acids is 1. The summed E-state index contributed by atoms with van der Waals surface area (Å²) in [5.74, 6) is 0.750. The number of hydrogen-bond donors (Lipinski definition) is 1. The van der Waals surface area contributed by atoms with Gasteiger partial charge in [0.2, 0.25) is 5.88 Å². The van der Waals surface area contributed by atoms with E-state index in [4.69, 9.17) is 9.72 Å². The zero-order valence-corrected chi connectivity index (χ0v) is 17.5.